The second-order valence-electron chi connectivity index (χ2n) is 3.93. The van der Waals surface area contributed by atoms with Crippen molar-refractivity contribution in [3.63, 3.8) is 0 Å². The van der Waals surface area contributed by atoms with Gasteiger partial charge in [-0.25, -0.2) is 10.5 Å². The molecule has 3 aromatic rings. The number of nitrogens with one attached hydrogen (secondary N) is 1. The first kappa shape index (κ1) is 11.7. The Hall–Kier alpha value is -2.33. The molecule has 19 heavy (non-hydrogen) atoms. The van der Waals surface area contributed by atoms with Gasteiger partial charge in [0.2, 0.25) is 0 Å². The minimum Gasteiger partial charge on any atom is -0.382 e. The van der Waals surface area contributed by atoms with Crippen molar-refractivity contribution >= 4 is 17.0 Å². The first-order valence-electron chi connectivity index (χ1n) is 5.90. The summed E-state index contributed by atoms with van der Waals surface area (Å²) in [6, 6.07) is 17.6. The molecule has 0 aliphatic carbocycles. The molecule has 2 aromatic carbocycles. The van der Waals surface area contributed by atoms with Gasteiger partial charge in [0.1, 0.15) is 5.01 Å². The second kappa shape index (κ2) is 5.54. The minimum absolute atomic E-state index is 0.768. The zero-order valence-corrected chi connectivity index (χ0v) is 10.9. The van der Waals surface area contributed by atoms with Crippen LogP contribution in [0.3, 0.4) is 0 Å². The molecule has 94 valence electrons. The summed E-state index contributed by atoms with van der Waals surface area (Å²) in [5.41, 5.74) is 4.92. The van der Waals surface area contributed by atoms with Gasteiger partial charge in [-0.15, -0.1) is 11.3 Å². The molecule has 0 amide bonds. The van der Waals surface area contributed by atoms with E-state index in [2.05, 4.69) is 10.5 Å². The van der Waals surface area contributed by atoms with Gasteiger partial charge >= 0.3 is 0 Å². The molecule has 0 aliphatic rings. The number of hydrogen-bond donors (Lipinski definition) is 1. The SMILES string of the molecule is c1ccc(NOc2ccc(-c3nccs3)cc2)cc1. The maximum absolute atomic E-state index is 5.50. The third-order valence-electron chi connectivity index (χ3n) is 2.59. The molecule has 1 aromatic heterocycles. The Labute approximate surface area is 115 Å². The fraction of sp³-hybridized carbons (Fsp3) is 0. The van der Waals surface area contributed by atoms with E-state index < -0.39 is 0 Å². The van der Waals surface area contributed by atoms with Gasteiger partial charge in [-0.2, -0.15) is 0 Å². The molecule has 0 atom stereocenters. The van der Waals surface area contributed by atoms with Crippen molar-refractivity contribution in [1.29, 1.82) is 0 Å². The highest BCUT2D eigenvalue weighted by molar-refractivity contribution is 7.13. The van der Waals surface area contributed by atoms with Crippen LogP contribution in [0.5, 0.6) is 5.75 Å². The Morgan fingerprint density at radius 2 is 1.74 bits per heavy atom. The molecule has 1 N–H and O–H groups in total. The Morgan fingerprint density at radius 3 is 2.42 bits per heavy atom. The predicted molar refractivity (Wildman–Crippen MR) is 78.2 cm³/mol. The van der Waals surface area contributed by atoms with Gasteiger partial charge in [-0.1, -0.05) is 18.2 Å². The molecule has 0 aliphatic heterocycles. The van der Waals surface area contributed by atoms with Gasteiger partial charge in [0, 0.05) is 17.1 Å². The number of rotatable bonds is 4. The molecule has 0 radical (unpaired) electrons. The molecule has 4 heteroatoms. The highest BCUT2D eigenvalue weighted by Crippen LogP contribution is 2.24. The lowest BCUT2D eigenvalue weighted by Gasteiger charge is -2.08. The molecule has 0 fully saturated rings. The lowest BCUT2D eigenvalue weighted by molar-refractivity contribution is 0.405. The van der Waals surface area contributed by atoms with Crippen molar-refractivity contribution in [3.05, 3.63) is 66.2 Å². The molecular weight excluding hydrogens is 256 g/mol. The van der Waals surface area contributed by atoms with Crippen molar-refractivity contribution in [2.45, 2.75) is 0 Å². The third-order valence-corrected chi connectivity index (χ3v) is 3.42. The Balaban J connectivity index is 1.67. The third kappa shape index (κ3) is 2.92. The molecular formula is C15H12N2OS. The van der Waals surface area contributed by atoms with Gasteiger partial charge in [0.15, 0.2) is 5.75 Å². The molecule has 3 rings (SSSR count). The fourth-order valence-corrected chi connectivity index (χ4v) is 2.30. The van der Waals surface area contributed by atoms with Crippen molar-refractivity contribution in [2.75, 3.05) is 5.48 Å². The van der Waals surface area contributed by atoms with Crippen molar-refractivity contribution in [2.24, 2.45) is 0 Å². The van der Waals surface area contributed by atoms with Crippen LogP contribution in [0.25, 0.3) is 10.6 Å². The lowest BCUT2D eigenvalue weighted by atomic mass is 10.2. The van der Waals surface area contributed by atoms with Gasteiger partial charge in [-0.05, 0) is 36.4 Å². The van der Waals surface area contributed by atoms with Crippen molar-refractivity contribution in [1.82, 2.24) is 4.98 Å². The van der Waals surface area contributed by atoms with Crippen LogP contribution in [-0.4, -0.2) is 4.98 Å². The molecule has 0 spiro atoms. The average molecular weight is 268 g/mol. The molecule has 0 saturated carbocycles. The summed E-state index contributed by atoms with van der Waals surface area (Å²) in [6.45, 7) is 0. The van der Waals surface area contributed by atoms with E-state index in [4.69, 9.17) is 4.84 Å². The Morgan fingerprint density at radius 1 is 0.947 bits per heavy atom. The predicted octanol–water partition coefficient (Wildman–Crippen LogP) is 4.22. The van der Waals surface area contributed by atoms with E-state index in [1.54, 1.807) is 17.5 Å². The van der Waals surface area contributed by atoms with E-state index >= 15 is 0 Å². The monoisotopic (exact) mass is 268 g/mol. The maximum atomic E-state index is 5.50. The number of nitrogens with zero attached hydrogens (tertiary/aromatic N) is 1. The summed E-state index contributed by atoms with van der Waals surface area (Å²) in [6.07, 6.45) is 1.81. The first-order chi connectivity index (χ1) is 9.42. The van der Waals surface area contributed by atoms with Gasteiger partial charge in [-0.3, -0.25) is 0 Å². The number of thiazole rings is 1. The van der Waals surface area contributed by atoms with E-state index in [1.807, 2.05) is 60.0 Å². The largest absolute Gasteiger partial charge is 0.382 e. The van der Waals surface area contributed by atoms with E-state index in [9.17, 15) is 0 Å². The highest BCUT2D eigenvalue weighted by Gasteiger charge is 2.01. The molecule has 3 nitrogen and oxygen atoms in total. The van der Waals surface area contributed by atoms with Crippen LogP contribution in [0.15, 0.2) is 66.2 Å². The van der Waals surface area contributed by atoms with Crippen LogP contribution in [-0.2, 0) is 0 Å². The second-order valence-corrected chi connectivity index (χ2v) is 4.83. The van der Waals surface area contributed by atoms with Crippen LogP contribution in [0, 0.1) is 0 Å². The van der Waals surface area contributed by atoms with E-state index in [1.165, 1.54) is 0 Å². The van der Waals surface area contributed by atoms with Gasteiger partial charge in [0.25, 0.3) is 0 Å². The quantitative estimate of drug-likeness (QED) is 0.719. The Kier molecular flexibility index (Phi) is 3.42. The van der Waals surface area contributed by atoms with Crippen LogP contribution < -0.4 is 10.3 Å². The zero-order valence-electron chi connectivity index (χ0n) is 10.1. The average Bonchev–Trinajstić information content (AvgIpc) is 3.01. The summed E-state index contributed by atoms with van der Waals surface area (Å²) < 4.78 is 0. The van der Waals surface area contributed by atoms with Crippen LogP contribution in [0.1, 0.15) is 0 Å². The molecule has 0 saturated heterocycles. The van der Waals surface area contributed by atoms with E-state index in [0.717, 1.165) is 22.0 Å². The number of aromatic nitrogens is 1. The van der Waals surface area contributed by atoms with Crippen LogP contribution in [0.4, 0.5) is 5.69 Å². The standard InChI is InChI=1S/C15H12N2OS/c1-2-4-13(5-3-1)17-18-14-8-6-12(7-9-14)15-16-10-11-19-15/h1-11,17H. The number of anilines is 1. The lowest BCUT2D eigenvalue weighted by Crippen LogP contribution is -2.03. The fourth-order valence-electron chi connectivity index (χ4n) is 1.66. The summed E-state index contributed by atoms with van der Waals surface area (Å²) in [4.78, 5) is 9.77. The van der Waals surface area contributed by atoms with E-state index in [-0.39, 0.29) is 0 Å². The van der Waals surface area contributed by atoms with Crippen molar-refractivity contribution in [3.8, 4) is 16.3 Å². The zero-order chi connectivity index (χ0) is 12.9. The molecule has 0 bridgehead atoms. The van der Waals surface area contributed by atoms with Gasteiger partial charge < -0.3 is 4.84 Å². The molecule has 1 heterocycles. The number of hydrogen-bond acceptors (Lipinski definition) is 4. The Bertz CT molecular complexity index is 621. The number of para-hydroxylation sites is 1. The summed E-state index contributed by atoms with van der Waals surface area (Å²) in [5, 5.41) is 2.99. The topological polar surface area (TPSA) is 34.1 Å². The van der Waals surface area contributed by atoms with Crippen molar-refractivity contribution < 1.29 is 4.84 Å². The summed E-state index contributed by atoms with van der Waals surface area (Å²) >= 11 is 1.62. The minimum atomic E-state index is 0.768. The van der Waals surface area contributed by atoms with E-state index in [0.29, 0.717) is 0 Å². The normalized spacial score (nSPS) is 10.1. The molecule has 0 unspecified atom stereocenters. The van der Waals surface area contributed by atoms with Crippen LogP contribution >= 0.6 is 11.3 Å². The number of benzene rings is 2. The highest BCUT2D eigenvalue weighted by atomic mass is 32.1. The summed E-state index contributed by atoms with van der Waals surface area (Å²) in [7, 11) is 0. The van der Waals surface area contributed by atoms with Gasteiger partial charge in [0.05, 0.1) is 5.69 Å². The first-order valence-corrected chi connectivity index (χ1v) is 6.77. The van der Waals surface area contributed by atoms with Crippen LogP contribution in [0.2, 0.25) is 0 Å². The summed E-state index contributed by atoms with van der Waals surface area (Å²) in [5.74, 6) is 0.768. The maximum Gasteiger partial charge on any atom is 0.155 e. The smallest absolute Gasteiger partial charge is 0.155 e.